The molecule has 4 nitrogen and oxygen atoms in total. The summed E-state index contributed by atoms with van der Waals surface area (Å²) in [4.78, 5) is 25.8. The molecule has 0 spiro atoms. The van der Waals surface area contributed by atoms with Crippen LogP contribution in [0.4, 0.5) is 4.79 Å². The molecule has 0 bridgehead atoms. The Balaban J connectivity index is 1.80. The van der Waals surface area contributed by atoms with Gasteiger partial charge in [0.25, 0.3) is 11.1 Å². The molecular weight excluding hydrogens is 565 g/mol. The number of imide groups is 1. The summed E-state index contributed by atoms with van der Waals surface area (Å²) >= 11 is 20.0. The van der Waals surface area contributed by atoms with Crippen molar-refractivity contribution in [1.29, 1.82) is 0 Å². The van der Waals surface area contributed by atoms with Crippen LogP contribution in [0.2, 0.25) is 10.0 Å². The van der Waals surface area contributed by atoms with Crippen LogP contribution in [0.1, 0.15) is 11.1 Å². The van der Waals surface area contributed by atoms with Gasteiger partial charge in [-0.3, -0.25) is 14.5 Å². The summed E-state index contributed by atoms with van der Waals surface area (Å²) in [5.41, 5.74) is 1.54. The zero-order valence-corrected chi connectivity index (χ0v) is 20.3. The molecule has 1 heterocycles. The molecule has 150 valence electrons. The number of amides is 2. The number of hydrogen-bond acceptors (Lipinski definition) is 4. The lowest BCUT2D eigenvalue weighted by atomic mass is 10.2. The summed E-state index contributed by atoms with van der Waals surface area (Å²) in [6.45, 7) is 4.01. The molecular formula is C20H13Br2Cl2NO3S. The fourth-order valence-corrected chi connectivity index (χ4v) is 5.29. The molecule has 0 aliphatic carbocycles. The first kappa shape index (κ1) is 22.4. The molecule has 1 aliphatic rings. The highest BCUT2D eigenvalue weighted by Gasteiger charge is 2.34. The summed E-state index contributed by atoms with van der Waals surface area (Å²) in [5, 5.41) is 0.777. The number of ether oxygens (including phenoxy) is 1. The molecule has 2 aromatic rings. The predicted molar refractivity (Wildman–Crippen MR) is 126 cm³/mol. The molecule has 3 rings (SSSR count). The monoisotopic (exact) mass is 575 g/mol. The van der Waals surface area contributed by atoms with Crippen molar-refractivity contribution in [3.8, 4) is 5.75 Å². The van der Waals surface area contributed by atoms with Gasteiger partial charge in [0.1, 0.15) is 12.4 Å². The second kappa shape index (κ2) is 9.71. The minimum atomic E-state index is -0.329. The van der Waals surface area contributed by atoms with E-state index in [1.807, 2.05) is 12.1 Å². The highest BCUT2D eigenvalue weighted by Crippen LogP contribution is 2.38. The molecule has 0 unspecified atom stereocenters. The van der Waals surface area contributed by atoms with Crippen molar-refractivity contribution in [2.24, 2.45) is 0 Å². The van der Waals surface area contributed by atoms with Crippen LogP contribution in [0, 0.1) is 0 Å². The first-order chi connectivity index (χ1) is 13.8. The van der Waals surface area contributed by atoms with E-state index >= 15 is 0 Å². The van der Waals surface area contributed by atoms with Gasteiger partial charge in [0, 0.05) is 22.2 Å². The van der Waals surface area contributed by atoms with Gasteiger partial charge in [0.15, 0.2) is 0 Å². The molecule has 0 atom stereocenters. The number of nitrogens with zero attached hydrogens (tertiary/aromatic N) is 1. The normalized spacial score (nSPS) is 15.3. The Labute approximate surface area is 199 Å². The molecule has 1 aliphatic heterocycles. The lowest BCUT2D eigenvalue weighted by Crippen LogP contribution is -2.27. The van der Waals surface area contributed by atoms with E-state index in [4.69, 9.17) is 27.9 Å². The van der Waals surface area contributed by atoms with Gasteiger partial charge in [-0.2, -0.15) is 0 Å². The van der Waals surface area contributed by atoms with Crippen molar-refractivity contribution in [1.82, 2.24) is 4.90 Å². The number of rotatable bonds is 6. The fraction of sp³-hybridized carbons (Fsp3) is 0.100. The summed E-state index contributed by atoms with van der Waals surface area (Å²) in [6.07, 6.45) is 3.19. The van der Waals surface area contributed by atoms with Crippen LogP contribution in [0.15, 0.2) is 56.8 Å². The van der Waals surface area contributed by atoms with Crippen molar-refractivity contribution in [3.63, 3.8) is 0 Å². The zero-order chi connectivity index (χ0) is 21.1. The van der Waals surface area contributed by atoms with E-state index < -0.39 is 0 Å². The average molecular weight is 578 g/mol. The molecule has 0 N–H and O–H groups in total. The third-order valence-corrected chi connectivity index (χ3v) is 6.56. The first-order valence-corrected chi connectivity index (χ1v) is 11.4. The van der Waals surface area contributed by atoms with Gasteiger partial charge < -0.3 is 4.74 Å². The third kappa shape index (κ3) is 5.27. The molecule has 0 radical (unpaired) electrons. The van der Waals surface area contributed by atoms with E-state index in [9.17, 15) is 9.59 Å². The third-order valence-electron chi connectivity index (χ3n) is 3.89. The summed E-state index contributed by atoms with van der Waals surface area (Å²) in [7, 11) is 0. The summed E-state index contributed by atoms with van der Waals surface area (Å²) in [5.74, 6) is 0.262. The minimum Gasteiger partial charge on any atom is -0.486 e. The van der Waals surface area contributed by atoms with Crippen LogP contribution in [-0.4, -0.2) is 22.6 Å². The molecule has 1 saturated heterocycles. The van der Waals surface area contributed by atoms with E-state index in [1.54, 1.807) is 24.3 Å². The van der Waals surface area contributed by atoms with Crippen LogP contribution < -0.4 is 4.74 Å². The van der Waals surface area contributed by atoms with Crippen LogP contribution in [0.5, 0.6) is 5.75 Å². The topological polar surface area (TPSA) is 46.6 Å². The summed E-state index contributed by atoms with van der Waals surface area (Å²) < 4.78 is 7.28. The standard InChI is InChI=1S/C20H13Br2Cl2NO3S/c1-2-5-25-19(26)17(29-20(25)27)8-11-6-14(21)18(15(22)7-11)28-10-12-3-4-13(23)9-16(12)24/h2-4,6-9H,1,5,10H2/b17-8+. The van der Waals surface area contributed by atoms with Crippen molar-refractivity contribution in [3.05, 3.63) is 78.0 Å². The molecule has 29 heavy (non-hydrogen) atoms. The van der Waals surface area contributed by atoms with E-state index in [-0.39, 0.29) is 24.3 Å². The van der Waals surface area contributed by atoms with Gasteiger partial charge in [-0.25, -0.2) is 0 Å². The number of hydrogen-bond donors (Lipinski definition) is 0. The Bertz CT molecular complexity index is 1020. The van der Waals surface area contributed by atoms with Crippen LogP contribution in [-0.2, 0) is 11.4 Å². The average Bonchev–Trinajstić information content (AvgIpc) is 2.90. The Morgan fingerprint density at radius 1 is 1.14 bits per heavy atom. The lowest BCUT2D eigenvalue weighted by molar-refractivity contribution is -0.122. The van der Waals surface area contributed by atoms with Gasteiger partial charge >= 0.3 is 0 Å². The van der Waals surface area contributed by atoms with E-state index in [1.165, 1.54) is 6.08 Å². The molecule has 0 aromatic heterocycles. The number of carbonyl (C=O) groups excluding carboxylic acids is 2. The van der Waals surface area contributed by atoms with E-state index in [0.717, 1.165) is 27.8 Å². The Kier molecular flexibility index (Phi) is 7.51. The first-order valence-electron chi connectivity index (χ1n) is 8.22. The molecule has 9 heteroatoms. The molecule has 2 aromatic carbocycles. The second-order valence-corrected chi connectivity index (χ2v) is 9.46. The van der Waals surface area contributed by atoms with Gasteiger partial charge in [0.05, 0.1) is 13.9 Å². The number of halogens is 4. The van der Waals surface area contributed by atoms with Crippen LogP contribution in [0.25, 0.3) is 6.08 Å². The maximum Gasteiger partial charge on any atom is 0.293 e. The van der Waals surface area contributed by atoms with Gasteiger partial charge in [-0.1, -0.05) is 35.3 Å². The Morgan fingerprint density at radius 2 is 1.83 bits per heavy atom. The highest BCUT2D eigenvalue weighted by atomic mass is 79.9. The maximum absolute atomic E-state index is 12.4. The van der Waals surface area contributed by atoms with Gasteiger partial charge in [-0.05, 0) is 79.5 Å². The molecule has 2 amide bonds. The Hall–Kier alpha value is -1.25. The maximum atomic E-state index is 12.4. The fourth-order valence-electron chi connectivity index (χ4n) is 2.53. The molecule has 1 fully saturated rings. The number of thioether (sulfide) groups is 1. The minimum absolute atomic E-state index is 0.190. The highest BCUT2D eigenvalue weighted by molar-refractivity contribution is 9.11. The van der Waals surface area contributed by atoms with Gasteiger partial charge in [-0.15, -0.1) is 6.58 Å². The van der Waals surface area contributed by atoms with E-state index in [2.05, 4.69) is 38.4 Å². The number of benzene rings is 2. The molecule has 0 saturated carbocycles. The van der Waals surface area contributed by atoms with Crippen LogP contribution >= 0.6 is 66.8 Å². The van der Waals surface area contributed by atoms with Crippen molar-refractivity contribution >= 4 is 84.0 Å². The zero-order valence-electron chi connectivity index (χ0n) is 14.8. The lowest BCUT2D eigenvalue weighted by Gasteiger charge is -2.12. The van der Waals surface area contributed by atoms with Crippen LogP contribution in [0.3, 0.4) is 0 Å². The second-order valence-electron chi connectivity index (χ2n) is 5.92. The SMILES string of the molecule is C=CCN1C(=O)S/C(=C/c2cc(Br)c(OCc3ccc(Cl)cc3Cl)c(Br)c2)C1=O. The van der Waals surface area contributed by atoms with Crippen molar-refractivity contribution in [2.75, 3.05) is 6.54 Å². The number of carbonyl (C=O) groups is 2. The van der Waals surface area contributed by atoms with Crippen molar-refractivity contribution < 1.29 is 14.3 Å². The smallest absolute Gasteiger partial charge is 0.293 e. The van der Waals surface area contributed by atoms with E-state index in [0.29, 0.717) is 29.6 Å². The van der Waals surface area contributed by atoms with Gasteiger partial charge in [0.2, 0.25) is 0 Å². The quantitative estimate of drug-likeness (QED) is 0.267. The largest absolute Gasteiger partial charge is 0.486 e. The van der Waals surface area contributed by atoms with Crippen molar-refractivity contribution in [2.45, 2.75) is 6.61 Å². The Morgan fingerprint density at radius 3 is 2.45 bits per heavy atom. The predicted octanol–water partition coefficient (Wildman–Crippen LogP) is 7.32. The summed E-state index contributed by atoms with van der Waals surface area (Å²) in [6, 6.07) is 8.84.